The Balaban J connectivity index is 1.53. The van der Waals surface area contributed by atoms with Crippen molar-refractivity contribution in [1.82, 2.24) is 9.97 Å². The van der Waals surface area contributed by atoms with Crippen LogP contribution in [0.3, 0.4) is 0 Å². The predicted octanol–water partition coefficient (Wildman–Crippen LogP) is 6.05. The molecule has 35 heavy (non-hydrogen) atoms. The van der Waals surface area contributed by atoms with Gasteiger partial charge in [-0.25, -0.2) is 13.4 Å². The summed E-state index contributed by atoms with van der Waals surface area (Å²) in [5.74, 6) is 0.964. The SMILES string of the molecule is COc1ccc(S(=O)(=O)Nc2cccc3oc(-c4ccncc4)nc23)c(Cc2ccc(Br)cc2)c1. The Labute approximate surface area is 211 Å². The Bertz CT molecular complexity index is 1600. The maximum atomic E-state index is 13.6. The fourth-order valence-corrected chi connectivity index (χ4v) is 5.31. The van der Waals surface area contributed by atoms with Gasteiger partial charge in [-0.05, 0) is 72.1 Å². The molecule has 5 rings (SSSR count). The van der Waals surface area contributed by atoms with Crippen LogP contribution in [0.2, 0.25) is 0 Å². The summed E-state index contributed by atoms with van der Waals surface area (Å²) in [5.41, 5.74) is 3.56. The average Bonchev–Trinajstić information content (AvgIpc) is 3.31. The molecule has 0 saturated carbocycles. The number of rotatable bonds is 7. The molecule has 7 nitrogen and oxygen atoms in total. The van der Waals surface area contributed by atoms with Gasteiger partial charge in [0.05, 0.1) is 17.7 Å². The van der Waals surface area contributed by atoms with Crippen LogP contribution in [0.1, 0.15) is 11.1 Å². The van der Waals surface area contributed by atoms with Gasteiger partial charge in [-0.2, -0.15) is 0 Å². The number of pyridine rings is 1. The first kappa shape index (κ1) is 23.1. The second kappa shape index (κ2) is 9.52. The molecule has 5 aromatic rings. The summed E-state index contributed by atoms with van der Waals surface area (Å²) in [6.45, 7) is 0. The normalized spacial score (nSPS) is 11.5. The van der Waals surface area contributed by atoms with E-state index in [1.54, 1.807) is 68.0 Å². The number of fused-ring (bicyclic) bond motifs is 1. The lowest BCUT2D eigenvalue weighted by Crippen LogP contribution is -2.15. The van der Waals surface area contributed by atoms with Gasteiger partial charge in [-0.15, -0.1) is 0 Å². The third-order valence-electron chi connectivity index (χ3n) is 5.46. The molecule has 0 aliphatic carbocycles. The summed E-state index contributed by atoms with van der Waals surface area (Å²) in [6, 6.07) is 21.4. The molecular weight excluding hydrogens is 530 g/mol. The van der Waals surface area contributed by atoms with Crippen LogP contribution in [0.15, 0.2) is 99.0 Å². The summed E-state index contributed by atoms with van der Waals surface area (Å²) in [4.78, 5) is 8.71. The quantitative estimate of drug-likeness (QED) is 0.265. The number of nitrogens with zero attached hydrogens (tertiary/aromatic N) is 2. The molecule has 176 valence electrons. The van der Waals surface area contributed by atoms with E-state index in [1.807, 2.05) is 24.3 Å². The Morgan fingerprint density at radius 3 is 2.51 bits per heavy atom. The number of benzene rings is 3. The van der Waals surface area contributed by atoms with E-state index in [0.717, 1.165) is 15.6 Å². The van der Waals surface area contributed by atoms with Crippen LogP contribution < -0.4 is 9.46 Å². The zero-order valence-corrected chi connectivity index (χ0v) is 21.0. The highest BCUT2D eigenvalue weighted by atomic mass is 79.9. The Hall–Kier alpha value is -3.69. The molecule has 0 fully saturated rings. The van der Waals surface area contributed by atoms with E-state index >= 15 is 0 Å². The lowest BCUT2D eigenvalue weighted by atomic mass is 10.0. The third-order valence-corrected chi connectivity index (χ3v) is 7.45. The first-order chi connectivity index (χ1) is 16.9. The van der Waals surface area contributed by atoms with Crippen molar-refractivity contribution < 1.29 is 17.6 Å². The number of sulfonamides is 1. The maximum absolute atomic E-state index is 13.6. The molecule has 0 unspecified atom stereocenters. The van der Waals surface area contributed by atoms with Crippen molar-refractivity contribution in [2.45, 2.75) is 11.3 Å². The van der Waals surface area contributed by atoms with Gasteiger partial charge in [-0.1, -0.05) is 34.1 Å². The summed E-state index contributed by atoms with van der Waals surface area (Å²) in [7, 11) is -2.40. The van der Waals surface area contributed by atoms with E-state index in [9.17, 15) is 8.42 Å². The molecule has 0 aliphatic rings. The highest BCUT2D eigenvalue weighted by Crippen LogP contribution is 2.31. The van der Waals surface area contributed by atoms with Crippen molar-refractivity contribution in [2.24, 2.45) is 0 Å². The van der Waals surface area contributed by atoms with Gasteiger partial charge < -0.3 is 9.15 Å². The number of halogens is 1. The first-order valence-corrected chi connectivity index (χ1v) is 12.9. The Kier molecular flexibility index (Phi) is 6.27. The molecule has 0 amide bonds. The van der Waals surface area contributed by atoms with E-state index in [2.05, 4.69) is 30.6 Å². The third kappa shape index (κ3) is 4.91. The number of para-hydroxylation sites is 1. The van der Waals surface area contributed by atoms with Gasteiger partial charge >= 0.3 is 0 Å². The Morgan fingerprint density at radius 1 is 1.00 bits per heavy atom. The van der Waals surface area contributed by atoms with Gasteiger partial charge in [0, 0.05) is 22.4 Å². The van der Waals surface area contributed by atoms with E-state index in [1.165, 1.54) is 0 Å². The monoisotopic (exact) mass is 549 g/mol. The van der Waals surface area contributed by atoms with E-state index in [0.29, 0.717) is 40.4 Å². The molecule has 0 spiro atoms. The van der Waals surface area contributed by atoms with Crippen LogP contribution in [-0.4, -0.2) is 25.5 Å². The Morgan fingerprint density at radius 2 is 1.77 bits per heavy atom. The maximum Gasteiger partial charge on any atom is 0.262 e. The number of oxazole rings is 1. The zero-order valence-electron chi connectivity index (χ0n) is 18.6. The number of hydrogen-bond acceptors (Lipinski definition) is 6. The minimum atomic E-state index is -3.95. The van der Waals surface area contributed by atoms with Gasteiger partial charge in [-0.3, -0.25) is 9.71 Å². The largest absolute Gasteiger partial charge is 0.497 e. The predicted molar refractivity (Wildman–Crippen MR) is 138 cm³/mol. The number of nitrogens with one attached hydrogen (secondary N) is 1. The second-order valence-corrected chi connectivity index (χ2v) is 10.4. The van der Waals surface area contributed by atoms with Gasteiger partial charge in [0.25, 0.3) is 10.0 Å². The van der Waals surface area contributed by atoms with Crippen molar-refractivity contribution in [1.29, 1.82) is 0 Å². The molecular formula is C26H20BrN3O4S. The number of aromatic nitrogens is 2. The van der Waals surface area contributed by atoms with Gasteiger partial charge in [0.1, 0.15) is 11.3 Å². The highest BCUT2D eigenvalue weighted by molar-refractivity contribution is 9.10. The number of ether oxygens (including phenoxy) is 1. The molecule has 2 heterocycles. The number of methoxy groups -OCH3 is 1. The lowest BCUT2D eigenvalue weighted by Gasteiger charge is -2.14. The van der Waals surface area contributed by atoms with Crippen LogP contribution in [0.25, 0.3) is 22.6 Å². The van der Waals surface area contributed by atoms with E-state index in [-0.39, 0.29) is 4.90 Å². The van der Waals surface area contributed by atoms with Crippen molar-refractivity contribution >= 4 is 42.7 Å². The van der Waals surface area contributed by atoms with E-state index in [4.69, 9.17) is 9.15 Å². The van der Waals surface area contributed by atoms with Crippen molar-refractivity contribution in [3.63, 3.8) is 0 Å². The minimum absolute atomic E-state index is 0.163. The fourth-order valence-electron chi connectivity index (χ4n) is 3.75. The molecule has 0 bridgehead atoms. The minimum Gasteiger partial charge on any atom is -0.497 e. The molecule has 1 N–H and O–H groups in total. The van der Waals surface area contributed by atoms with E-state index < -0.39 is 10.0 Å². The van der Waals surface area contributed by atoms with Crippen LogP contribution >= 0.6 is 15.9 Å². The van der Waals surface area contributed by atoms with Crippen molar-refractivity contribution in [3.05, 3.63) is 101 Å². The molecule has 2 aromatic heterocycles. The van der Waals surface area contributed by atoms with Crippen LogP contribution in [0.5, 0.6) is 5.75 Å². The van der Waals surface area contributed by atoms with Crippen molar-refractivity contribution in [2.75, 3.05) is 11.8 Å². The van der Waals surface area contributed by atoms with Gasteiger partial charge in [0.15, 0.2) is 5.58 Å². The summed E-state index contributed by atoms with van der Waals surface area (Å²) in [5, 5.41) is 0. The lowest BCUT2D eigenvalue weighted by molar-refractivity contribution is 0.414. The topological polar surface area (TPSA) is 94.3 Å². The molecule has 3 aromatic carbocycles. The summed E-state index contributed by atoms with van der Waals surface area (Å²) >= 11 is 3.43. The zero-order chi connectivity index (χ0) is 24.4. The first-order valence-electron chi connectivity index (χ1n) is 10.7. The number of anilines is 1. The highest BCUT2D eigenvalue weighted by Gasteiger charge is 2.22. The summed E-state index contributed by atoms with van der Waals surface area (Å²) < 4.78 is 42.0. The molecule has 0 aliphatic heterocycles. The van der Waals surface area contributed by atoms with Crippen LogP contribution in [0, 0.1) is 0 Å². The second-order valence-electron chi connectivity index (χ2n) is 7.79. The molecule has 0 atom stereocenters. The van der Waals surface area contributed by atoms with Crippen molar-refractivity contribution in [3.8, 4) is 17.2 Å². The molecule has 0 radical (unpaired) electrons. The summed E-state index contributed by atoms with van der Waals surface area (Å²) in [6.07, 6.45) is 3.70. The standard InChI is InChI=1S/C26H20BrN3O4S/c1-33-21-9-10-24(19(16-21)15-17-5-7-20(27)8-6-17)35(31,32)30-22-3-2-4-23-25(22)29-26(34-23)18-11-13-28-14-12-18/h2-14,16,30H,15H2,1H3. The average molecular weight is 550 g/mol. The van der Waals surface area contributed by atoms with Gasteiger partial charge in [0.2, 0.25) is 5.89 Å². The van der Waals surface area contributed by atoms with Crippen LogP contribution in [0.4, 0.5) is 5.69 Å². The van der Waals surface area contributed by atoms with Crippen LogP contribution in [-0.2, 0) is 16.4 Å². The fraction of sp³-hybridized carbons (Fsp3) is 0.0769. The molecule has 0 saturated heterocycles. The number of hydrogen-bond donors (Lipinski definition) is 1. The molecule has 9 heteroatoms. The smallest absolute Gasteiger partial charge is 0.262 e.